The first kappa shape index (κ1) is 22.1. The fourth-order valence-corrected chi connectivity index (χ4v) is 3.83. The normalized spacial score (nSPS) is 14.4. The Morgan fingerprint density at radius 1 is 1.20 bits per heavy atom. The van der Waals surface area contributed by atoms with Crippen molar-refractivity contribution in [2.75, 3.05) is 38.2 Å². The number of anilines is 1. The number of amides is 1. The Balaban J connectivity index is 2.07. The van der Waals surface area contributed by atoms with Gasteiger partial charge in [-0.25, -0.2) is 13.6 Å². The molecule has 0 saturated carbocycles. The molecule has 1 amide bonds. The summed E-state index contributed by atoms with van der Waals surface area (Å²) in [5, 5.41) is 8.71. The summed E-state index contributed by atoms with van der Waals surface area (Å²) in [6, 6.07) is 11.7. The number of nitrogens with one attached hydrogen (secondary N) is 1. The zero-order chi connectivity index (χ0) is 21.6. The highest BCUT2D eigenvalue weighted by molar-refractivity contribution is 7.89. The molecule has 0 unspecified atom stereocenters. The third kappa shape index (κ3) is 5.50. The summed E-state index contributed by atoms with van der Waals surface area (Å²) in [6.45, 7) is 4.45. The number of ether oxygens (including phenoxy) is 2. The molecule has 0 bridgehead atoms. The van der Waals surface area contributed by atoms with Crippen LogP contribution in [-0.2, 0) is 14.8 Å². The predicted molar refractivity (Wildman–Crippen MR) is 114 cm³/mol. The van der Waals surface area contributed by atoms with Gasteiger partial charge in [0, 0.05) is 25.2 Å². The van der Waals surface area contributed by atoms with E-state index < -0.39 is 10.0 Å². The van der Waals surface area contributed by atoms with Gasteiger partial charge >= 0.3 is 0 Å². The van der Waals surface area contributed by atoms with Crippen molar-refractivity contribution >= 4 is 21.6 Å². The maximum absolute atomic E-state index is 13.0. The zero-order valence-electron chi connectivity index (χ0n) is 17.0. The highest BCUT2D eigenvalue weighted by Crippen LogP contribution is 2.37. The van der Waals surface area contributed by atoms with E-state index in [1.54, 1.807) is 35.2 Å². The maximum atomic E-state index is 13.0. The molecule has 30 heavy (non-hydrogen) atoms. The lowest BCUT2D eigenvalue weighted by atomic mass is 10.1. The molecule has 0 radical (unpaired) electrons. The molecule has 8 nitrogen and oxygen atoms in total. The second-order valence-corrected chi connectivity index (χ2v) is 8.53. The summed E-state index contributed by atoms with van der Waals surface area (Å²) in [5.74, 6) is 0.277. The Bertz CT molecular complexity index is 974. The van der Waals surface area contributed by atoms with Crippen LogP contribution in [0.3, 0.4) is 0 Å². The van der Waals surface area contributed by atoms with Gasteiger partial charge in [-0.15, -0.1) is 0 Å². The number of nitrogens with zero attached hydrogens (tertiary/aromatic N) is 1. The number of benzene rings is 2. The van der Waals surface area contributed by atoms with Crippen LogP contribution >= 0.6 is 0 Å². The van der Waals surface area contributed by atoms with Crippen LogP contribution in [-0.4, -0.2) is 52.1 Å². The van der Waals surface area contributed by atoms with Crippen molar-refractivity contribution in [3.05, 3.63) is 48.0 Å². The predicted octanol–water partition coefficient (Wildman–Crippen LogP) is 2.81. The third-order valence-electron chi connectivity index (χ3n) is 4.72. The highest BCUT2D eigenvalue weighted by atomic mass is 32.2. The zero-order valence-corrected chi connectivity index (χ0v) is 17.8. The number of sulfonamides is 1. The van der Waals surface area contributed by atoms with E-state index in [1.807, 2.05) is 6.07 Å². The molecule has 3 N–H and O–H groups in total. The van der Waals surface area contributed by atoms with E-state index in [2.05, 4.69) is 12.2 Å². The summed E-state index contributed by atoms with van der Waals surface area (Å²) in [7, 11) is -4.15. The molecular weight excluding hydrogens is 406 g/mol. The third-order valence-corrected chi connectivity index (χ3v) is 5.63. The molecule has 0 spiro atoms. The molecule has 0 atom stereocenters. The van der Waals surface area contributed by atoms with Crippen LogP contribution < -0.4 is 15.2 Å². The number of carbonyl (C=O) groups excluding carboxylic acids is 1. The van der Waals surface area contributed by atoms with Gasteiger partial charge in [-0.05, 0) is 30.7 Å². The number of morpholine rings is 1. The first-order valence-corrected chi connectivity index (χ1v) is 11.5. The minimum Gasteiger partial charge on any atom is -0.454 e. The van der Waals surface area contributed by atoms with Crippen molar-refractivity contribution in [1.82, 2.24) is 4.90 Å². The SMILES string of the molecule is CCCCNc1cc(C(=O)N2CCOCC2)cc(S(N)(=O)=O)c1Oc1ccccc1. The molecule has 1 heterocycles. The Labute approximate surface area is 177 Å². The lowest BCUT2D eigenvalue weighted by Crippen LogP contribution is -2.40. The van der Waals surface area contributed by atoms with Gasteiger partial charge in [-0.3, -0.25) is 4.79 Å². The average Bonchev–Trinajstić information content (AvgIpc) is 2.75. The summed E-state index contributed by atoms with van der Waals surface area (Å²) in [6.07, 6.45) is 1.83. The first-order valence-electron chi connectivity index (χ1n) is 9.94. The molecule has 2 aromatic rings. The van der Waals surface area contributed by atoms with Crippen molar-refractivity contribution in [2.24, 2.45) is 5.14 Å². The molecular formula is C21H27N3O5S. The number of rotatable bonds is 8. The van der Waals surface area contributed by atoms with Crippen molar-refractivity contribution in [1.29, 1.82) is 0 Å². The number of carbonyl (C=O) groups is 1. The fourth-order valence-electron chi connectivity index (χ4n) is 3.13. The molecule has 3 rings (SSSR count). The van der Waals surface area contributed by atoms with E-state index in [0.717, 1.165) is 12.8 Å². The second-order valence-electron chi connectivity index (χ2n) is 7.00. The van der Waals surface area contributed by atoms with Crippen molar-refractivity contribution in [3.63, 3.8) is 0 Å². The van der Waals surface area contributed by atoms with Gasteiger partial charge in [0.1, 0.15) is 10.6 Å². The number of nitrogens with two attached hydrogens (primary N) is 1. The first-order chi connectivity index (χ1) is 14.4. The van der Waals surface area contributed by atoms with Crippen molar-refractivity contribution in [3.8, 4) is 11.5 Å². The Hall–Kier alpha value is -2.62. The molecule has 0 aromatic heterocycles. The van der Waals surface area contributed by atoms with Gasteiger partial charge in [-0.1, -0.05) is 31.5 Å². The van der Waals surface area contributed by atoms with Gasteiger partial charge in [0.15, 0.2) is 5.75 Å². The van der Waals surface area contributed by atoms with E-state index >= 15 is 0 Å². The van der Waals surface area contributed by atoms with Crippen molar-refractivity contribution in [2.45, 2.75) is 24.7 Å². The van der Waals surface area contributed by atoms with Crippen molar-refractivity contribution < 1.29 is 22.7 Å². The quantitative estimate of drug-likeness (QED) is 0.620. The largest absolute Gasteiger partial charge is 0.454 e. The maximum Gasteiger partial charge on any atom is 0.254 e. The Kier molecular flexibility index (Phi) is 7.30. The summed E-state index contributed by atoms with van der Waals surface area (Å²) in [5.41, 5.74) is 0.649. The molecule has 9 heteroatoms. The highest BCUT2D eigenvalue weighted by Gasteiger charge is 2.26. The molecule has 1 aliphatic rings. The second kappa shape index (κ2) is 9.92. The monoisotopic (exact) mass is 433 g/mol. The summed E-state index contributed by atoms with van der Waals surface area (Å²) in [4.78, 5) is 14.4. The molecule has 2 aromatic carbocycles. The van der Waals surface area contributed by atoms with Gasteiger partial charge in [0.05, 0.1) is 18.9 Å². The van der Waals surface area contributed by atoms with Gasteiger partial charge < -0.3 is 19.7 Å². The van der Waals surface area contributed by atoms with Crippen LogP contribution in [0, 0.1) is 0 Å². The van der Waals surface area contributed by atoms with Crippen LogP contribution in [0.2, 0.25) is 0 Å². The van der Waals surface area contributed by atoms with E-state index in [1.165, 1.54) is 6.07 Å². The number of hydrogen-bond donors (Lipinski definition) is 2. The minimum atomic E-state index is -4.15. The van der Waals surface area contributed by atoms with E-state index in [4.69, 9.17) is 14.6 Å². The lowest BCUT2D eigenvalue weighted by Gasteiger charge is -2.27. The minimum absolute atomic E-state index is 0.0818. The van der Waals surface area contributed by atoms with Gasteiger partial charge in [0.25, 0.3) is 5.91 Å². The topological polar surface area (TPSA) is 111 Å². The molecule has 1 saturated heterocycles. The Morgan fingerprint density at radius 3 is 2.53 bits per heavy atom. The van der Waals surface area contributed by atoms with E-state index in [-0.39, 0.29) is 22.1 Å². The van der Waals surface area contributed by atoms with E-state index in [9.17, 15) is 13.2 Å². The number of primary sulfonamides is 1. The van der Waals surface area contributed by atoms with Gasteiger partial charge in [0.2, 0.25) is 10.0 Å². The standard InChI is InChI=1S/C21H27N3O5S/c1-2-3-9-23-18-14-16(21(25)24-10-12-28-13-11-24)15-19(30(22,26)27)20(18)29-17-7-5-4-6-8-17/h4-8,14-15,23H,2-3,9-13H2,1H3,(H2,22,26,27). The molecule has 1 fully saturated rings. The number of unbranched alkanes of at least 4 members (excludes halogenated alkanes) is 1. The average molecular weight is 434 g/mol. The number of para-hydroxylation sites is 1. The van der Waals surface area contributed by atoms with Crippen LogP contribution in [0.15, 0.2) is 47.4 Å². The fraction of sp³-hybridized carbons (Fsp3) is 0.381. The van der Waals surface area contributed by atoms with Crippen LogP contribution in [0.4, 0.5) is 5.69 Å². The summed E-state index contributed by atoms with van der Waals surface area (Å²) < 4.78 is 36.0. The Morgan fingerprint density at radius 2 is 1.90 bits per heavy atom. The van der Waals surface area contributed by atoms with Crippen LogP contribution in [0.1, 0.15) is 30.1 Å². The molecule has 1 aliphatic heterocycles. The summed E-state index contributed by atoms with van der Waals surface area (Å²) >= 11 is 0. The van der Waals surface area contributed by atoms with Crippen LogP contribution in [0.5, 0.6) is 11.5 Å². The molecule has 0 aliphatic carbocycles. The number of hydrogen-bond acceptors (Lipinski definition) is 6. The van der Waals surface area contributed by atoms with E-state index in [0.29, 0.717) is 44.3 Å². The molecule has 162 valence electrons. The van der Waals surface area contributed by atoms with Gasteiger partial charge in [-0.2, -0.15) is 0 Å². The van der Waals surface area contributed by atoms with Crippen LogP contribution in [0.25, 0.3) is 0 Å². The smallest absolute Gasteiger partial charge is 0.254 e. The lowest BCUT2D eigenvalue weighted by molar-refractivity contribution is 0.0302.